The van der Waals surface area contributed by atoms with E-state index in [4.69, 9.17) is 0 Å². The van der Waals surface area contributed by atoms with E-state index in [0.29, 0.717) is 5.41 Å². The monoisotopic (exact) mass is 221 g/mol. The first-order chi connectivity index (χ1) is 7.74. The molecule has 0 amide bonds. The number of rotatable bonds is 6. The Morgan fingerprint density at radius 2 is 2.31 bits per heavy atom. The van der Waals surface area contributed by atoms with Gasteiger partial charge in [0.15, 0.2) is 0 Å². The van der Waals surface area contributed by atoms with Crippen molar-refractivity contribution in [2.24, 2.45) is 5.41 Å². The molecule has 0 aromatic carbocycles. The van der Waals surface area contributed by atoms with Crippen molar-refractivity contribution in [3.05, 3.63) is 24.0 Å². The molecule has 0 aliphatic heterocycles. The molecule has 1 saturated carbocycles. The Kier molecular flexibility index (Phi) is 3.66. The largest absolute Gasteiger partial charge is 0.364 e. The van der Waals surface area contributed by atoms with Crippen molar-refractivity contribution in [2.75, 3.05) is 27.2 Å². The summed E-state index contributed by atoms with van der Waals surface area (Å²) in [5.74, 6) is 0. The molecule has 1 fully saturated rings. The fraction of sp³-hybridized carbons (Fsp3) is 0.692. The summed E-state index contributed by atoms with van der Waals surface area (Å²) in [7, 11) is 4.28. The van der Waals surface area contributed by atoms with Crippen molar-refractivity contribution < 1.29 is 0 Å². The van der Waals surface area contributed by atoms with Crippen LogP contribution in [0, 0.1) is 5.41 Å². The maximum Gasteiger partial charge on any atom is 0.0382 e. The van der Waals surface area contributed by atoms with E-state index >= 15 is 0 Å². The van der Waals surface area contributed by atoms with E-state index in [1.54, 1.807) is 0 Å². The summed E-state index contributed by atoms with van der Waals surface area (Å²) >= 11 is 0. The molecule has 0 unspecified atom stereocenters. The molecule has 2 N–H and O–H groups in total. The molecule has 1 aliphatic rings. The molecular weight excluding hydrogens is 198 g/mol. The SMILES string of the molecule is CNCC1(CN(C)Cc2ccc[nH]2)CCC1. The van der Waals surface area contributed by atoms with Gasteiger partial charge in [-0.15, -0.1) is 0 Å². The third-order valence-electron chi connectivity index (χ3n) is 3.67. The first-order valence-electron chi connectivity index (χ1n) is 6.20. The van der Waals surface area contributed by atoms with Gasteiger partial charge in [0, 0.05) is 31.5 Å². The molecule has 1 heterocycles. The van der Waals surface area contributed by atoms with Gasteiger partial charge in [-0.2, -0.15) is 0 Å². The van der Waals surface area contributed by atoms with Crippen molar-refractivity contribution >= 4 is 0 Å². The van der Waals surface area contributed by atoms with Gasteiger partial charge in [-0.3, -0.25) is 0 Å². The molecule has 0 radical (unpaired) electrons. The Hall–Kier alpha value is -0.800. The Bertz CT molecular complexity index is 301. The zero-order valence-corrected chi connectivity index (χ0v) is 10.4. The molecule has 90 valence electrons. The highest BCUT2D eigenvalue weighted by molar-refractivity contribution is 5.03. The molecular formula is C13H23N3. The quantitative estimate of drug-likeness (QED) is 0.768. The molecule has 0 spiro atoms. The highest BCUT2D eigenvalue weighted by Crippen LogP contribution is 2.40. The van der Waals surface area contributed by atoms with E-state index in [1.807, 2.05) is 6.20 Å². The lowest BCUT2D eigenvalue weighted by Crippen LogP contribution is -2.46. The number of nitrogens with zero attached hydrogens (tertiary/aromatic N) is 1. The van der Waals surface area contributed by atoms with Crippen LogP contribution in [0.15, 0.2) is 18.3 Å². The average Bonchev–Trinajstić information content (AvgIpc) is 2.67. The van der Waals surface area contributed by atoms with E-state index in [-0.39, 0.29) is 0 Å². The van der Waals surface area contributed by atoms with Gasteiger partial charge in [0.2, 0.25) is 0 Å². The Morgan fingerprint density at radius 3 is 2.81 bits per heavy atom. The van der Waals surface area contributed by atoms with Crippen molar-refractivity contribution in [2.45, 2.75) is 25.8 Å². The van der Waals surface area contributed by atoms with E-state index in [2.05, 4.69) is 41.4 Å². The van der Waals surface area contributed by atoms with E-state index in [9.17, 15) is 0 Å². The third-order valence-corrected chi connectivity index (χ3v) is 3.67. The maximum absolute atomic E-state index is 3.34. The van der Waals surface area contributed by atoms with Crippen molar-refractivity contribution in [1.82, 2.24) is 15.2 Å². The number of hydrogen-bond donors (Lipinski definition) is 2. The van der Waals surface area contributed by atoms with Crippen LogP contribution in [-0.4, -0.2) is 37.1 Å². The normalized spacial score (nSPS) is 18.7. The van der Waals surface area contributed by atoms with Crippen LogP contribution in [0.1, 0.15) is 25.0 Å². The highest BCUT2D eigenvalue weighted by Gasteiger charge is 2.36. The minimum atomic E-state index is 0.538. The summed E-state index contributed by atoms with van der Waals surface area (Å²) in [4.78, 5) is 5.70. The lowest BCUT2D eigenvalue weighted by molar-refractivity contribution is 0.0764. The van der Waals surface area contributed by atoms with Crippen LogP contribution in [0.5, 0.6) is 0 Å². The van der Waals surface area contributed by atoms with Crippen molar-refractivity contribution in [3.63, 3.8) is 0 Å². The van der Waals surface area contributed by atoms with Gasteiger partial charge >= 0.3 is 0 Å². The summed E-state index contributed by atoms with van der Waals surface area (Å²) in [5.41, 5.74) is 1.84. The molecule has 0 saturated heterocycles. The average molecular weight is 221 g/mol. The number of aromatic nitrogens is 1. The Morgan fingerprint density at radius 1 is 1.50 bits per heavy atom. The highest BCUT2D eigenvalue weighted by atomic mass is 15.1. The number of hydrogen-bond acceptors (Lipinski definition) is 2. The van der Waals surface area contributed by atoms with E-state index < -0.39 is 0 Å². The second-order valence-corrected chi connectivity index (χ2v) is 5.25. The van der Waals surface area contributed by atoms with Crippen molar-refractivity contribution in [3.8, 4) is 0 Å². The summed E-state index contributed by atoms with van der Waals surface area (Å²) in [6.07, 6.45) is 6.15. The molecule has 1 aromatic rings. The second kappa shape index (κ2) is 5.02. The van der Waals surface area contributed by atoms with Gasteiger partial charge in [0.1, 0.15) is 0 Å². The standard InChI is InChI=1S/C13H23N3/c1-14-10-13(6-4-7-13)11-16(2)9-12-5-3-8-15-12/h3,5,8,14-15H,4,6-7,9-11H2,1-2H3. The molecule has 16 heavy (non-hydrogen) atoms. The summed E-state index contributed by atoms with van der Waals surface area (Å²) in [6.45, 7) is 3.38. The minimum Gasteiger partial charge on any atom is -0.364 e. The maximum atomic E-state index is 3.34. The molecule has 3 nitrogen and oxygen atoms in total. The fourth-order valence-corrected chi connectivity index (χ4v) is 2.83. The minimum absolute atomic E-state index is 0.538. The molecule has 1 aromatic heterocycles. The van der Waals surface area contributed by atoms with Crippen LogP contribution >= 0.6 is 0 Å². The Labute approximate surface area is 98.2 Å². The first-order valence-corrected chi connectivity index (χ1v) is 6.20. The second-order valence-electron chi connectivity index (χ2n) is 5.25. The predicted octanol–water partition coefficient (Wildman–Crippen LogP) is 1.84. The van der Waals surface area contributed by atoms with Crippen molar-refractivity contribution in [1.29, 1.82) is 0 Å². The molecule has 0 atom stereocenters. The number of aromatic amines is 1. The molecule has 2 rings (SSSR count). The van der Waals surface area contributed by atoms with Gasteiger partial charge in [0.25, 0.3) is 0 Å². The number of H-pyrrole nitrogens is 1. The van der Waals surface area contributed by atoms with Gasteiger partial charge in [-0.05, 0) is 44.5 Å². The van der Waals surface area contributed by atoms with Gasteiger partial charge in [-0.1, -0.05) is 6.42 Å². The zero-order valence-electron chi connectivity index (χ0n) is 10.4. The molecule has 3 heteroatoms. The van der Waals surface area contributed by atoms with E-state index in [1.165, 1.54) is 31.5 Å². The Balaban J connectivity index is 1.83. The third kappa shape index (κ3) is 2.66. The summed E-state index contributed by atoms with van der Waals surface area (Å²) in [5, 5.41) is 3.34. The van der Waals surface area contributed by atoms with Gasteiger partial charge < -0.3 is 15.2 Å². The van der Waals surface area contributed by atoms with Crippen LogP contribution in [-0.2, 0) is 6.54 Å². The first kappa shape index (κ1) is 11.7. The molecule has 0 bridgehead atoms. The van der Waals surface area contributed by atoms with Crippen LogP contribution < -0.4 is 5.32 Å². The van der Waals surface area contributed by atoms with E-state index in [0.717, 1.165) is 13.1 Å². The lowest BCUT2D eigenvalue weighted by Gasteiger charge is -2.44. The summed E-state index contributed by atoms with van der Waals surface area (Å²) in [6, 6.07) is 4.22. The molecule has 1 aliphatic carbocycles. The predicted molar refractivity (Wildman–Crippen MR) is 67.3 cm³/mol. The smallest absolute Gasteiger partial charge is 0.0382 e. The van der Waals surface area contributed by atoms with Crippen LogP contribution in [0.2, 0.25) is 0 Å². The van der Waals surface area contributed by atoms with Gasteiger partial charge in [-0.25, -0.2) is 0 Å². The van der Waals surface area contributed by atoms with Gasteiger partial charge in [0.05, 0.1) is 0 Å². The van der Waals surface area contributed by atoms with Crippen LogP contribution in [0.4, 0.5) is 0 Å². The lowest BCUT2D eigenvalue weighted by atomic mass is 9.68. The van der Waals surface area contributed by atoms with Crippen LogP contribution in [0.25, 0.3) is 0 Å². The number of nitrogens with one attached hydrogen (secondary N) is 2. The topological polar surface area (TPSA) is 31.1 Å². The zero-order chi connectivity index (χ0) is 11.4. The fourth-order valence-electron chi connectivity index (χ4n) is 2.83. The van der Waals surface area contributed by atoms with Crippen LogP contribution in [0.3, 0.4) is 0 Å². The summed E-state index contributed by atoms with van der Waals surface area (Å²) < 4.78 is 0.